The van der Waals surface area contributed by atoms with Gasteiger partial charge in [-0.25, -0.2) is 5.32 Å². The van der Waals surface area contributed by atoms with E-state index in [1.54, 1.807) is 12.1 Å². The van der Waals surface area contributed by atoms with Crippen LogP contribution in [0.3, 0.4) is 0 Å². The summed E-state index contributed by atoms with van der Waals surface area (Å²) in [4.78, 5) is 11.4. The number of para-hydroxylation sites is 1. The predicted molar refractivity (Wildman–Crippen MR) is 48.9 cm³/mol. The molecule has 0 spiro atoms. The van der Waals surface area contributed by atoms with Gasteiger partial charge < -0.3 is 0 Å². The lowest BCUT2D eigenvalue weighted by molar-refractivity contribution is 0.0964. The Morgan fingerprint density at radius 1 is 1.29 bits per heavy atom. The van der Waals surface area contributed by atoms with Gasteiger partial charge in [-0.15, -0.1) is 5.10 Å². The fraction of sp³-hybridized carbons (Fsp3) is 0. The zero-order chi connectivity index (χ0) is 9.80. The third kappa shape index (κ3) is 1.77. The number of carbonyl (C=O) groups excluding carboxylic acids is 1. The molecule has 2 rings (SSSR count). The number of benzene rings is 1. The molecule has 0 saturated carbocycles. The van der Waals surface area contributed by atoms with Crippen LogP contribution in [0.4, 0.5) is 5.69 Å². The van der Waals surface area contributed by atoms with Gasteiger partial charge in [0.1, 0.15) is 0 Å². The van der Waals surface area contributed by atoms with Gasteiger partial charge in [0.25, 0.3) is 5.91 Å². The summed E-state index contributed by atoms with van der Waals surface area (Å²) >= 11 is 0. The van der Waals surface area contributed by atoms with Crippen LogP contribution in [0.25, 0.3) is 0 Å². The number of carbonyl (C=O) groups is 1. The fourth-order valence-corrected chi connectivity index (χ4v) is 0.983. The van der Waals surface area contributed by atoms with Crippen molar-refractivity contribution < 1.29 is 4.79 Å². The first-order chi connectivity index (χ1) is 6.86. The topological polar surface area (TPSA) is 72.7 Å². The van der Waals surface area contributed by atoms with E-state index in [0.29, 0.717) is 5.69 Å². The molecule has 1 aromatic heterocycles. The second kappa shape index (κ2) is 3.69. The molecule has 14 heavy (non-hydrogen) atoms. The van der Waals surface area contributed by atoms with Crippen molar-refractivity contribution in [1.82, 2.24) is 20.7 Å². The molecule has 69 valence electrons. The molecule has 1 amide bonds. The number of hydrogen-bond acceptors (Lipinski definition) is 3. The Morgan fingerprint density at radius 3 is 2.71 bits per heavy atom. The zero-order valence-electron chi connectivity index (χ0n) is 7.21. The maximum atomic E-state index is 11.4. The van der Waals surface area contributed by atoms with Crippen LogP contribution in [0, 0.1) is 0 Å². The van der Waals surface area contributed by atoms with Crippen molar-refractivity contribution >= 4 is 11.6 Å². The van der Waals surface area contributed by atoms with E-state index in [1.165, 1.54) is 6.20 Å². The Kier molecular flexibility index (Phi) is 2.22. The van der Waals surface area contributed by atoms with E-state index < -0.39 is 5.91 Å². The lowest BCUT2D eigenvalue weighted by Gasteiger charge is -1.96. The predicted octanol–water partition coefficient (Wildman–Crippen LogP) is 0.881. The molecule has 1 aromatic carbocycles. The van der Waals surface area contributed by atoms with Crippen molar-refractivity contribution in [3.8, 4) is 0 Å². The van der Waals surface area contributed by atoms with Crippen LogP contribution < -0.4 is 5.32 Å². The highest BCUT2D eigenvalue weighted by atomic mass is 16.2. The number of nitrogens with one attached hydrogen (secondary N) is 1. The van der Waals surface area contributed by atoms with Crippen LogP contribution >= 0.6 is 0 Å². The molecule has 5 nitrogen and oxygen atoms in total. The molecule has 0 unspecified atom stereocenters. The zero-order valence-corrected chi connectivity index (χ0v) is 7.21. The molecule has 1 heterocycles. The largest absolute Gasteiger partial charge is 0.299 e. The van der Waals surface area contributed by atoms with E-state index in [1.807, 2.05) is 18.2 Å². The highest BCUT2D eigenvalue weighted by molar-refractivity contribution is 5.94. The summed E-state index contributed by atoms with van der Waals surface area (Å²) in [6.45, 7) is 0. The van der Waals surface area contributed by atoms with E-state index in [2.05, 4.69) is 20.7 Å². The van der Waals surface area contributed by atoms with Gasteiger partial charge in [0, 0.05) is 0 Å². The molecule has 0 atom stereocenters. The van der Waals surface area contributed by atoms with Crippen molar-refractivity contribution in [2.24, 2.45) is 0 Å². The summed E-state index contributed by atoms with van der Waals surface area (Å²) in [7, 11) is 0. The van der Waals surface area contributed by atoms with Crippen LogP contribution in [-0.2, 0) is 0 Å². The Labute approximate surface area is 80.2 Å². The highest BCUT2D eigenvalue weighted by Crippen LogP contribution is 2.06. The van der Waals surface area contributed by atoms with E-state index in [9.17, 15) is 4.79 Å². The van der Waals surface area contributed by atoms with Gasteiger partial charge in [0.15, 0.2) is 5.69 Å². The summed E-state index contributed by atoms with van der Waals surface area (Å²) in [5.41, 5.74) is 0.828. The summed E-state index contributed by atoms with van der Waals surface area (Å²) in [5.74, 6) is -0.398. The molecular weight excluding hydrogens is 180 g/mol. The number of nitrogens with zero attached hydrogens (tertiary/aromatic N) is 3. The number of amides is 1. The van der Waals surface area contributed by atoms with Gasteiger partial charge in [-0.2, -0.15) is 0 Å². The van der Waals surface area contributed by atoms with Gasteiger partial charge >= 0.3 is 0 Å². The Bertz CT molecular complexity index is 410. The van der Waals surface area contributed by atoms with Gasteiger partial charge in [0.2, 0.25) is 0 Å². The standard InChI is InChI=1S/C9H7N4O/c14-9(8-6-10-13-12-8)11-7-4-2-1-3-5-7/h1-6H,(H,10,12,13). The van der Waals surface area contributed by atoms with E-state index >= 15 is 0 Å². The maximum absolute atomic E-state index is 11.4. The van der Waals surface area contributed by atoms with Crippen molar-refractivity contribution in [1.29, 1.82) is 0 Å². The molecule has 0 aliphatic carbocycles. The van der Waals surface area contributed by atoms with E-state index in [4.69, 9.17) is 0 Å². The van der Waals surface area contributed by atoms with Crippen molar-refractivity contribution in [2.45, 2.75) is 0 Å². The summed E-state index contributed by atoms with van der Waals surface area (Å²) in [5, 5.41) is 13.3. The normalized spacial score (nSPS) is 9.71. The minimum atomic E-state index is -0.398. The number of hydrogen-bond donors (Lipinski definition) is 1. The van der Waals surface area contributed by atoms with Gasteiger partial charge in [-0.3, -0.25) is 9.89 Å². The smallest absolute Gasteiger partial charge is 0.265 e. The van der Waals surface area contributed by atoms with Crippen LogP contribution in [-0.4, -0.2) is 21.3 Å². The highest BCUT2D eigenvalue weighted by Gasteiger charge is 2.09. The molecule has 0 bridgehead atoms. The summed E-state index contributed by atoms with van der Waals surface area (Å²) < 4.78 is 0. The fourth-order valence-electron chi connectivity index (χ4n) is 0.983. The number of aromatic nitrogens is 3. The number of H-pyrrole nitrogens is 1. The average molecular weight is 187 g/mol. The van der Waals surface area contributed by atoms with Crippen molar-refractivity contribution in [3.05, 3.63) is 42.2 Å². The first-order valence-electron chi connectivity index (χ1n) is 4.04. The molecule has 5 heteroatoms. The van der Waals surface area contributed by atoms with Gasteiger partial charge in [-0.05, 0) is 12.1 Å². The maximum Gasteiger partial charge on any atom is 0.299 e. The average Bonchev–Trinajstić information content (AvgIpc) is 2.72. The summed E-state index contributed by atoms with van der Waals surface area (Å²) in [6, 6.07) is 8.99. The molecule has 0 aliphatic heterocycles. The molecule has 0 saturated heterocycles. The SMILES string of the molecule is O=C([N]c1ccccc1)c1c[nH]nn1. The van der Waals surface area contributed by atoms with Crippen LogP contribution in [0.1, 0.15) is 10.5 Å². The van der Waals surface area contributed by atoms with Crippen LogP contribution in [0.5, 0.6) is 0 Å². The molecule has 1 N–H and O–H groups in total. The van der Waals surface area contributed by atoms with E-state index in [-0.39, 0.29) is 5.69 Å². The van der Waals surface area contributed by atoms with Gasteiger partial charge in [0.05, 0.1) is 11.9 Å². The Balaban J connectivity index is 2.10. The minimum absolute atomic E-state index is 0.217. The third-order valence-corrected chi connectivity index (χ3v) is 1.62. The first kappa shape index (κ1) is 8.43. The second-order valence-electron chi connectivity index (χ2n) is 2.61. The second-order valence-corrected chi connectivity index (χ2v) is 2.61. The van der Waals surface area contributed by atoms with Crippen LogP contribution in [0.2, 0.25) is 0 Å². The Hall–Kier alpha value is -2.17. The monoisotopic (exact) mass is 187 g/mol. The van der Waals surface area contributed by atoms with E-state index in [0.717, 1.165) is 0 Å². The molecule has 0 aliphatic rings. The van der Waals surface area contributed by atoms with Crippen molar-refractivity contribution in [3.63, 3.8) is 0 Å². The molecule has 0 fully saturated rings. The lowest BCUT2D eigenvalue weighted by Crippen LogP contribution is -2.10. The van der Waals surface area contributed by atoms with Gasteiger partial charge in [-0.1, -0.05) is 23.4 Å². The first-order valence-corrected chi connectivity index (χ1v) is 4.04. The third-order valence-electron chi connectivity index (χ3n) is 1.62. The quantitative estimate of drug-likeness (QED) is 0.758. The lowest BCUT2D eigenvalue weighted by atomic mass is 10.3. The van der Waals surface area contributed by atoms with Crippen LogP contribution in [0.15, 0.2) is 36.5 Å². The Morgan fingerprint density at radius 2 is 2.07 bits per heavy atom. The molecule has 2 aromatic rings. The molecular formula is C9H7N4O. The number of aromatic amines is 1. The molecule has 1 radical (unpaired) electrons. The summed E-state index contributed by atoms with van der Waals surface area (Å²) in [6.07, 6.45) is 1.41. The van der Waals surface area contributed by atoms with Crippen molar-refractivity contribution in [2.75, 3.05) is 0 Å². The number of rotatable bonds is 2. The minimum Gasteiger partial charge on any atom is -0.265 e.